The molecular weight excluding hydrogens is 277 g/mol. The Morgan fingerprint density at radius 3 is 2.38 bits per heavy atom. The van der Waals surface area contributed by atoms with Crippen molar-refractivity contribution in [3.63, 3.8) is 0 Å². The second kappa shape index (κ2) is 4.16. The zero-order valence-electron chi connectivity index (χ0n) is 11.3. The van der Waals surface area contributed by atoms with Crippen molar-refractivity contribution in [1.82, 2.24) is 0 Å². The minimum absolute atomic E-state index is 0.316. The van der Waals surface area contributed by atoms with Crippen LogP contribution in [0.3, 0.4) is 0 Å². The van der Waals surface area contributed by atoms with E-state index in [4.69, 9.17) is 5.26 Å². The van der Waals surface area contributed by atoms with Gasteiger partial charge in [0.15, 0.2) is 0 Å². The highest BCUT2D eigenvalue weighted by atomic mass is 19.4. The standard InChI is InChI=1S/C16H15F3N2/c17-16(18,19)12-6-11(4-3-10(12)7-20)21-15-13-8-1-2-9(5-8)14(13)15/h3-4,6,8-9,13-15,21H,1-2,5H2. The zero-order valence-corrected chi connectivity index (χ0v) is 11.3. The average Bonchev–Trinajstić information content (AvgIpc) is 2.83. The predicted molar refractivity (Wildman–Crippen MR) is 71.4 cm³/mol. The fraction of sp³-hybridized carbons (Fsp3) is 0.562. The largest absolute Gasteiger partial charge is 0.417 e. The highest BCUT2D eigenvalue weighted by Crippen LogP contribution is 2.66. The maximum atomic E-state index is 13.0. The first-order valence-corrected chi connectivity index (χ1v) is 7.37. The van der Waals surface area contributed by atoms with Crippen LogP contribution in [0.2, 0.25) is 0 Å². The number of anilines is 1. The van der Waals surface area contributed by atoms with Gasteiger partial charge in [-0.05, 0) is 61.1 Å². The van der Waals surface area contributed by atoms with Gasteiger partial charge >= 0.3 is 6.18 Å². The Kier molecular flexibility index (Phi) is 2.57. The molecule has 0 radical (unpaired) electrons. The summed E-state index contributed by atoms with van der Waals surface area (Å²) in [4.78, 5) is 0. The number of nitrogens with zero attached hydrogens (tertiary/aromatic N) is 1. The summed E-state index contributed by atoms with van der Waals surface area (Å²) in [6.07, 6.45) is -0.605. The molecule has 0 amide bonds. The molecule has 4 unspecified atom stereocenters. The molecule has 1 aromatic carbocycles. The van der Waals surface area contributed by atoms with E-state index in [1.54, 1.807) is 12.1 Å². The molecule has 21 heavy (non-hydrogen) atoms. The Morgan fingerprint density at radius 2 is 1.81 bits per heavy atom. The molecule has 4 atom stereocenters. The third-order valence-electron chi connectivity index (χ3n) is 5.51. The summed E-state index contributed by atoms with van der Waals surface area (Å²) in [6.45, 7) is 0. The fourth-order valence-corrected chi connectivity index (χ4v) is 4.68. The molecule has 4 rings (SSSR count). The molecule has 110 valence electrons. The Balaban J connectivity index is 1.56. The van der Waals surface area contributed by atoms with Crippen LogP contribution in [0.15, 0.2) is 18.2 Å². The lowest BCUT2D eigenvalue weighted by molar-refractivity contribution is -0.137. The van der Waals surface area contributed by atoms with Gasteiger partial charge < -0.3 is 5.32 Å². The second-order valence-electron chi connectivity index (χ2n) is 6.53. The van der Waals surface area contributed by atoms with Crippen molar-refractivity contribution >= 4 is 5.69 Å². The molecule has 0 heterocycles. The van der Waals surface area contributed by atoms with Gasteiger partial charge in [-0.15, -0.1) is 0 Å². The van der Waals surface area contributed by atoms with E-state index in [-0.39, 0.29) is 5.56 Å². The lowest BCUT2D eigenvalue weighted by Crippen LogP contribution is -2.14. The van der Waals surface area contributed by atoms with Crippen LogP contribution in [0.5, 0.6) is 0 Å². The van der Waals surface area contributed by atoms with Crippen LogP contribution in [0.25, 0.3) is 0 Å². The highest BCUT2D eigenvalue weighted by molar-refractivity contribution is 5.55. The molecule has 2 bridgehead atoms. The van der Waals surface area contributed by atoms with E-state index >= 15 is 0 Å². The van der Waals surface area contributed by atoms with Gasteiger partial charge in [0.2, 0.25) is 0 Å². The summed E-state index contributed by atoms with van der Waals surface area (Å²) in [5.74, 6) is 2.87. The first-order chi connectivity index (χ1) is 9.99. The number of halogens is 3. The summed E-state index contributed by atoms with van der Waals surface area (Å²) >= 11 is 0. The van der Waals surface area contributed by atoms with E-state index in [9.17, 15) is 13.2 Å². The summed E-state index contributed by atoms with van der Waals surface area (Å²) in [5, 5.41) is 12.1. The number of benzene rings is 1. The number of alkyl halides is 3. The van der Waals surface area contributed by atoms with E-state index in [1.807, 2.05) is 0 Å². The normalized spacial score (nSPS) is 36.2. The van der Waals surface area contributed by atoms with Crippen molar-refractivity contribution in [3.05, 3.63) is 29.3 Å². The first kappa shape index (κ1) is 13.0. The van der Waals surface area contributed by atoms with E-state index in [1.165, 1.54) is 25.3 Å². The predicted octanol–water partition coefficient (Wildman–Crippen LogP) is 4.03. The first-order valence-electron chi connectivity index (χ1n) is 7.37. The maximum Gasteiger partial charge on any atom is 0.417 e. The van der Waals surface area contributed by atoms with Crippen LogP contribution >= 0.6 is 0 Å². The van der Waals surface area contributed by atoms with E-state index in [0.717, 1.165) is 17.9 Å². The molecular formula is C16H15F3N2. The molecule has 0 aliphatic heterocycles. The van der Waals surface area contributed by atoms with Crippen molar-refractivity contribution in [2.45, 2.75) is 31.5 Å². The molecule has 3 saturated carbocycles. The minimum Gasteiger partial charge on any atom is -0.382 e. The molecule has 0 aromatic heterocycles. The molecule has 3 fully saturated rings. The third-order valence-corrected chi connectivity index (χ3v) is 5.51. The van der Waals surface area contributed by atoms with Crippen LogP contribution in [-0.2, 0) is 6.18 Å². The Bertz CT molecular complexity index is 615. The van der Waals surface area contributed by atoms with Crippen molar-refractivity contribution < 1.29 is 13.2 Å². The molecule has 1 N–H and O–H groups in total. The molecule has 0 spiro atoms. The van der Waals surface area contributed by atoms with Crippen molar-refractivity contribution in [2.75, 3.05) is 5.32 Å². The third kappa shape index (κ3) is 1.92. The summed E-state index contributed by atoms with van der Waals surface area (Å²) in [6, 6.07) is 5.88. The Labute approximate surface area is 121 Å². The van der Waals surface area contributed by atoms with Gasteiger partial charge in [-0.25, -0.2) is 0 Å². The molecule has 5 heteroatoms. The van der Waals surface area contributed by atoms with Crippen molar-refractivity contribution in [3.8, 4) is 6.07 Å². The zero-order chi connectivity index (χ0) is 14.8. The fourth-order valence-electron chi connectivity index (χ4n) is 4.68. The number of fused-ring (bicyclic) bond motifs is 5. The quantitative estimate of drug-likeness (QED) is 0.893. The molecule has 2 nitrogen and oxygen atoms in total. The van der Waals surface area contributed by atoms with E-state index < -0.39 is 11.7 Å². The second-order valence-corrected chi connectivity index (χ2v) is 6.53. The van der Waals surface area contributed by atoms with Gasteiger partial charge in [-0.1, -0.05) is 0 Å². The van der Waals surface area contributed by atoms with E-state index in [0.29, 0.717) is 23.6 Å². The van der Waals surface area contributed by atoms with Crippen LogP contribution in [0.1, 0.15) is 30.4 Å². The van der Waals surface area contributed by atoms with Gasteiger partial charge in [0.25, 0.3) is 0 Å². The Morgan fingerprint density at radius 1 is 1.14 bits per heavy atom. The number of nitriles is 1. The monoisotopic (exact) mass is 292 g/mol. The number of hydrogen-bond donors (Lipinski definition) is 1. The highest BCUT2D eigenvalue weighted by Gasteiger charge is 2.65. The van der Waals surface area contributed by atoms with Gasteiger partial charge in [0.05, 0.1) is 17.2 Å². The van der Waals surface area contributed by atoms with Gasteiger partial charge in [0.1, 0.15) is 0 Å². The average molecular weight is 292 g/mol. The summed E-state index contributed by atoms with van der Waals surface area (Å²) in [5.41, 5.74) is -0.673. The topological polar surface area (TPSA) is 35.8 Å². The maximum absolute atomic E-state index is 13.0. The van der Waals surface area contributed by atoms with Crippen LogP contribution < -0.4 is 5.32 Å². The smallest absolute Gasteiger partial charge is 0.382 e. The number of hydrogen-bond acceptors (Lipinski definition) is 2. The van der Waals surface area contributed by atoms with Gasteiger partial charge in [-0.2, -0.15) is 18.4 Å². The van der Waals surface area contributed by atoms with Crippen molar-refractivity contribution in [1.29, 1.82) is 5.26 Å². The SMILES string of the molecule is N#Cc1ccc(NC2C3C4CCC(C4)C23)cc1C(F)(F)F. The molecule has 3 aliphatic rings. The number of rotatable bonds is 2. The Hall–Kier alpha value is -1.70. The number of nitrogens with one attached hydrogen (secondary N) is 1. The minimum atomic E-state index is -4.48. The van der Waals surface area contributed by atoms with Crippen LogP contribution in [0, 0.1) is 35.0 Å². The summed E-state index contributed by atoms with van der Waals surface area (Å²) in [7, 11) is 0. The van der Waals surface area contributed by atoms with Crippen LogP contribution in [-0.4, -0.2) is 6.04 Å². The van der Waals surface area contributed by atoms with Gasteiger partial charge in [-0.3, -0.25) is 0 Å². The van der Waals surface area contributed by atoms with Crippen molar-refractivity contribution in [2.24, 2.45) is 23.7 Å². The molecule has 0 saturated heterocycles. The lowest BCUT2D eigenvalue weighted by atomic mass is 10.0. The van der Waals surface area contributed by atoms with Crippen LogP contribution in [0.4, 0.5) is 18.9 Å². The molecule has 1 aromatic rings. The van der Waals surface area contributed by atoms with Gasteiger partial charge in [0, 0.05) is 11.7 Å². The van der Waals surface area contributed by atoms with E-state index in [2.05, 4.69) is 5.32 Å². The lowest BCUT2D eigenvalue weighted by Gasteiger charge is -2.14. The molecule has 3 aliphatic carbocycles. The summed E-state index contributed by atoms with van der Waals surface area (Å²) < 4.78 is 38.9.